The Morgan fingerprint density at radius 1 is 1.39 bits per heavy atom. The second-order valence-corrected chi connectivity index (χ2v) is 7.94. The van der Waals surface area contributed by atoms with E-state index in [0.29, 0.717) is 0 Å². The molecular weight excluding hydrogens is 318 g/mol. The van der Waals surface area contributed by atoms with Crippen LogP contribution < -0.4 is 5.14 Å². The smallest absolute Gasteiger partial charge is 0.269 e. The standard InChI is InChI=1S/C15H23N3O4S/c1-11-3-4-14(18(19)20)9-15(11)12(2)17-7-5-13(6-8-17)10-23(16,21)22/h3-4,9,12-13H,5-8,10H2,1-2H3,(H2,16,21,22)/t12-/m0/s1. The molecule has 1 aliphatic rings. The van der Waals surface area contributed by atoms with Crippen molar-refractivity contribution in [1.29, 1.82) is 0 Å². The molecular formula is C15H23N3O4S. The van der Waals surface area contributed by atoms with E-state index in [9.17, 15) is 18.5 Å². The van der Waals surface area contributed by atoms with Crippen molar-refractivity contribution < 1.29 is 13.3 Å². The summed E-state index contributed by atoms with van der Waals surface area (Å²) in [5, 5.41) is 16.1. The first-order valence-corrected chi connectivity index (χ1v) is 9.38. The van der Waals surface area contributed by atoms with E-state index in [-0.39, 0.29) is 28.3 Å². The minimum Gasteiger partial charge on any atom is -0.297 e. The maximum atomic E-state index is 11.2. The van der Waals surface area contributed by atoms with Gasteiger partial charge in [0.25, 0.3) is 5.69 Å². The van der Waals surface area contributed by atoms with Crippen molar-refractivity contribution in [2.24, 2.45) is 11.1 Å². The van der Waals surface area contributed by atoms with Gasteiger partial charge in [-0.3, -0.25) is 15.0 Å². The molecule has 23 heavy (non-hydrogen) atoms. The molecule has 0 radical (unpaired) electrons. The van der Waals surface area contributed by atoms with Gasteiger partial charge in [-0.05, 0) is 56.8 Å². The van der Waals surface area contributed by atoms with Gasteiger partial charge in [0.15, 0.2) is 0 Å². The first-order chi connectivity index (χ1) is 10.7. The van der Waals surface area contributed by atoms with E-state index in [4.69, 9.17) is 5.14 Å². The summed E-state index contributed by atoms with van der Waals surface area (Å²) in [4.78, 5) is 12.8. The highest BCUT2D eigenvalue weighted by atomic mass is 32.2. The number of aryl methyl sites for hydroxylation is 1. The van der Waals surface area contributed by atoms with Crippen molar-refractivity contribution >= 4 is 15.7 Å². The number of likely N-dealkylation sites (tertiary alicyclic amines) is 1. The van der Waals surface area contributed by atoms with Crippen LogP contribution in [0.1, 0.15) is 36.9 Å². The van der Waals surface area contributed by atoms with Crippen molar-refractivity contribution in [3.05, 3.63) is 39.4 Å². The number of sulfonamides is 1. The predicted octanol–water partition coefficient (Wildman–Crippen LogP) is 1.96. The number of hydrogen-bond acceptors (Lipinski definition) is 5. The topological polar surface area (TPSA) is 107 Å². The Morgan fingerprint density at radius 3 is 2.52 bits per heavy atom. The second-order valence-electron chi connectivity index (χ2n) is 6.28. The zero-order valence-electron chi connectivity index (χ0n) is 13.4. The normalized spacial score (nSPS) is 18.7. The van der Waals surface area contributed by atoms with Gasteiger partial charge in [0.1, 0.15) is 0 Å². The van der Waals surface area contributed by atoms with Crippen LogP contribution in [0.2, 0.25) is 0 Å². The molecule has 8 heteroatoms. The van der Waals surface area contributed by atoms with Crippen LogP contribution in [0.25, 0.3) is 0 Å². The molecule has 7 nitrogen and oxygen atoms in total. The molecule has 2 N–H and O–H groups in total. The van der Waals surface area contributed by atoms with Crippen LogP contribution >= 0.6 is 0 Å². The molecule has 0 saturated carbocycles. The number of rotatable bonds is 5. The van der Waals surface area contributed by atoms with Crippen LogP contribution in [0.15, 0.2) is 18.2 Å². The number of hydrogen-bond donors (Lipinski definition) is 1. The van der Waals surface area contributed by atoms with Crippen molar-refractivity contribution in [3.8, 4) is 0 Å². The molecule has 1 aromatic rings. The summed E-state index contributed by atoms with van der Waals surface area (Å²) in [5.74, 6) is 0.130. The fraction of sp³-hybridized carbons (Fsp3) is 0.600. The van der Waals surface area contributed by atoms with Gasteiger partial charge < -0.3 is 0 Å². The largest absolute Gasteiger partial charge is 0.297 e. The summed E-state index contributed by atoms with van der Waals surface area (Å²) < 4.78 is 22.4. The molecule has 2 rings (SSSR count). The summed E-state index contributed by atoms with van der Waals surface area (Å²) >= 11 is 0. The summed E-state index contributed by atoms with van der Waals surface area (Å²) in [5.41, 5.74) is 2.07. The van der Waals surface area contributed by atoms with Gasteiger partial charge >= 0.3 is 0 Å². The third-order valence-electron chi connectivity index (χ3n) is 4.59. The number of benzene rings is 1. The maximum absolute atomic E-state index is 11.2. The number of nitro benzene ring substituents is 1. The van der Waals surface area contributed by atoms with Gasteiger partial charge in [-0.2, -0.15) is 0 Å². The molecule has 128 valence electrons. The summed E-state index contributed by atoms with van der Waals surface area (Å²) in [6.07, 6.45) is 1.55. The van der Waals surface area contributed by atoms with Crippen molar-refractivity contribution in [3.63, 3.8) is 0 Å². The number of nitrogens with two attached hydrogens (primary N) is 1. The summed E-state index contributed by atoms with van der Waals surface area (Å²) in [6.45, 7) is 5.52. The molecule has 1 saturated heterocycles. The zero-order valence-corrected chi connectivity index (χ0v) is 14.3. The number of non-ortho nitro benzene ring substituents is 1. The summed E-state index contributed by atoms with van der Waals surface area (Å²) in [7, 11) is -3.43. The highest BCUT2D eigenvalue weighted by molar-refractivity contribution is 7.89. The number of primary sulfonamides is 1. The highest BCUT2D eigenvalue weighted by Gasteiger charge is 2.27. The summed E-state index contributed by atoms with van der Waals surface area (Å²) in [6, 6.07) is 4.99. The number of nitrogens with zero attached hydrogens (tertiary/aromatic N) is 2. The molecule has 1 aliphatic heterocycles. The lowest BCUT2D eigenvalue weighted by molar-refractivity contribution is -0.385. The van der Waals surface area contributed by atoms with Gasteiger partial charge in [-0.1, -0.05) is 6.07 Å². The number of nitro groups is 1. The van der Waals surface area contributed by atoms with Crippen LogP contribution in [0.4, 0.5) is 5.69 Å². The number of piperidine rings is 1. The molecule has 1 heterocycles. The van der Waals surface area contributed by atoms with Gasteiger partial charge in [0.2, 0.25) is 10.0 Å². The van der Waals surface area contributed by atoms with E-state index in [1.165, 1.54) is 6.07 Å². The van der Waals surface area contributed by atoms with Crippen LogP contribution in [0.5, 0.6) is 0 Å². The van der Waals surface area contributed by atoms with E-state index in [1.807, 2.05) is 13.8 Å². The molecule has 0 aromatic heterocycles. The molecule has 0 unspecified atom stereocenters. The first kappa shape index (κ1) is 17.8. The fourth-order valence-corrected chi connectivity index (χ4v) is 4.21. The molecule has 1 aromatic carbocycles. The molecule has 1 atom stereocenters. The van der Waals surface area contributed by atoms with E-state index < -0.39 is 10.0 Å². The second kappa shape index (κ2) is 6.94. The quantitative estimate of drug-likeness (QED) is 0.651. The van der Waals surface area contributed by atoms with E-state index in [1.54, 1.807) is 12.1 Å². The predicted molar refractivity (Wildman–Crippen MR) is 88.5 cm³/mol. The Labute approximate surface area is 136 Å². The third-order valence-corrected chi connectivity index (χ3v) is 5.52. The average Bonchev–Trinajstić information content (AvgIpc) is 2.46. The third kappa shape index (κ3) is 4.73. The van der Waals surface area contributed by atoms with Gasteiger partial charge in [0.05, 0.1) is 10.7 Å². The molecule has 0 bridgehead atoms. The monoisotopic (exact) mass is 341 g/mol. The molecule has 1 fully saturated rings. The Kier molecular flexibility index (Phi) is 5.38. The van der Waals surface area contributed by atoms with Gasteiger partial charge in [0, 0.05) is 18.2 Å². The first-order valence-electron chi connectivity index (χ1n) is 7.67. The Hall–Kier alpha value is -1.51. The van der Waals surface area contributed by atoms with E-state index in [0.717, 1.165) is 37.1 Å². The molecule has 0 spiro atoms. The lowest BCUT2D eigenvalue weighted by atomic mass is 9.94. The van der Waals surface area contributed by atoms with Crippen LogP contribution in [0, 0.1) is 23.0 Å². The van der Waals surface area contributed by atoms with Crippen molar-refractivity contribution in [2.45, 2.75) is 32.7 Å². The fourth-order valence-electron chi connectivity index (χ4n) is 3.22. The lowest BCUT2D eigenvalue weighted by Gasteiger charge is -2.36. The Morgan fingerprint density at radius 2 is 2.00 bits per heavy atom. The van der Waals surface area contributed by atoms with Crippen LogP contribution in [-0.2, 0) is 10.0 Å². The molecule has 0 amide bonds. The Balaban J connectivity index is 2.06. The van der Waals surface area contributed by atoms with Gasteiger partial charge in [-0.25, -0.2) is 13.6 Å². The highest BCUT2D eigenvalue weighted by Crippen LogP contribution is 2.30. The average molecular weight is 341 g/mol. The lowest BCUT2D eigenvalue weighted by Crippen LogP contribution is -2.38. The van der Waals surface area contributed by atoms with Crippen molar-refractivity contribution in [1.82, 2.24) is 4.90 Å². The molecule has 0 aliphatic carbocycles. The van der Waals surface area contributed by atoms with Crippen molar-refractivity contribution in [2.75, 3.05) is 18.8 Å². The van der Waals surface area contributed by atoms with Gasteiger partial charge in [-0.15, -0.1) is 0 Å². The maximum Gasteiger partial charge on any atom is 0.269 e. The SMILES string of the molecule is Cc1ccc([N+](=O)[O-])cc1[C@H](C)N1CCC(CS(N)(=O)=O)CC1. The van der Waals surface area contributed by atoms with E-state index in [2.05, 4.69) is 4.90 Å². The van der Waals surface area contributed by atoms with E-state index >= 15 is 0 Å². The Bertz CT molecular complexity index is 682. The minimum atomic E-state index is -3.43. The van der Waals surface area contributed by atoms with Crippen LogP contribution in [0.3, 0.4) is 0 Å². The minimum absolute atomic E-state index is 0.0328. The zero-order chi connectivity index (χ0) is 17.2. The van der Waals surface area contributed by atoms with Crippen LogP contribution in [-0.4, -0.2) is 37.1 Å².